The molecule has 1 atom stereocenters. The Morgan fingerprint density at radius 2 is 1.79 bits per heavy atom. The van der Waals surface area contributed by atoms with E-state index in [0.717, 1.165) is 12.0 Å². The van der Waals surface area contributed by atoms with Crippen LogP contribution in [0.3, 0.4) is 0 Å². The normalized spacial score (nSPS) is 11.4. The molecule has 0 bridgehead atoms. The summed E-state index contributed by atoms with van der Waals surface area (Å²) in [6, 6.07) is 12.0. The molecule has 1 unspecified atom stereocenters. The van der Waals surface area contributed by atoms with Gasteiger partial charge in [-0.2, -0.15) is 0 Å². The summed E-state index contributed by atoms with van der Waals surface area (Å²) in [5.74, 6) is 1.41. The number of nitrogens with one attached hydrogen (secondary N) is 2. The van der Waals surface area contributed by atoms with Gasteiger partial charge in [0.25, 0.3) is 0 Å². The smallest absolute Gasteiger partial charge is 0.242 e. The summed E-state index contributed by atoms with van der Waals surface area (Å²) in [7, 11) is 1.57. The third-order valence-corrected chi connectivity index (χ3v) is 4.32. The van der Waals surface area contributed by atoms with Gasteiger partial charge in [-0.15, -0.1) is 0 Å². The molecule has 0 heterocycles. The highest BCUT2D eigenvalue weighted by Crippen LogP contribution is 2.32. The van der Waals surface area contributed by atoms with Gasteiger partial charge in [0, 0.05) is 19.5 Å². The van der Waals surface area contributed by atoms with Crippen molar-refractivity contribution in [1.82, 2.24) is 10.6 Å². The molecule has 0 aliphatic heterocycles. The molecule has 28 heavy (non-hydrogen) atoms. The number of carbonyl (C=O) groups is 2. The Balaban J connectivity index is 1.93. The Morgan fingerprint density at radius 3 is 2.36 bits per heavy atom. The van der Waals surface area contributed by atoms with E-state index in [0.29, 0.717) is 35.2 Å². The molecule has 0 fully saturated rings. The van der Waals surface area contributed by atoms with Crippen LogP contribution in [-0.4, -0.2) is 25.0 Å². The summed E-state index contributed by atoms with van der Waals surface area (Å²) < 4.78 is 10.9. The van der Waals surface area contributed by atoms with E-state index in [4.69, 9.17) is 21.1 Å². The van der Waals surface area contributed by atoms with Gasteiger partial charge in [0.05, 0.1) is 12.1 Å². The van der Waals surface area contributed by atoms with Crippen LogP contribution in [0.1, 0.15) is 32.3 Å². The average molecular weight is 405 g/mol. The van der Waals surface area contributed by atoms with Crippen LogP contribution in [0.2, 0.25) is 5.02 Å². The average Bonchev–Trinajstić information content (AvgIpc) is 2.68. The standard InChI is InChI=1S/C21H25ClN2O4/c1-4-5-19(24-14(2)25)21(26)23-13-15-6-8-16(9-7-15)28-20-11-10-17(27-3)12-18(20)22/h6-12,19H,4-5,13H2,1-3H3,(H,23,26)(H,24,25). The molecule has 0 aliphatic rings. The molecule has 0 aromatic heterocycles. The predicted octanol–water partition coefficient (Wildman–Crippen LogP) is 4.06. The molecular weight excluding hydrogens is 380 g/mol. The fourth-order valence-electron chi connectivity index (χ4n) is 2.61. The molecule has 2 aromatic rings. The maximum Gasteiger partial charge on any atom is 0.242 e. The first-order valence-electron chi connectivity index (χ1n) is 9.08. The van der Waals surface area contributed by atoms with E-state index in [9.17, 15) is 9.59 Å². The summed E-state index contributed by atoms with van der Waals surface area (Å²) in [4.78, 5) is 23.5. The first-order chi connectivity index (χ1) is 13.4. The molecule has 150 valence electrons. The first-order valence-corrected chi connectivity index (χ1v) is 9.46. The fraction of sp³-hybridized carbons (Fsp3) is 0.333. The van der Waals surface area contributed by atoms with Gasteiger partial charge >= 0.3 is 0 Å². The Morgan fingerprint density at radius 1 is 1.11 bits per heavy atom. The molecule has 0 saturated heterocycles. The van der Waals surface area contributed by atoms with Crippen molar-refractivity contribution in [3.05, 3.63) is 53.1 Å². The van der Waals surface area contributed by atoms with Crippen LogP contribution in [-0.2, 0) is 16.1 Å². The lowest BCUT2D eigenvalue weighted by molar-refractivity contribution is -0.128. The van der Waals surface area contributed by atoms with Crippen molar-refractivity contribution in [1.29, 1.82) is 0 Å². The van der Waals surface area contributed by atoms with E-state index in [1.807, 2.05) is 19.1 Å². The van der Waals surface area contributed by atoms with Crippen LogP contribution in [0.5, 0.6) is 17.2 Å². The van der Waals surface area contributed by atoms with Crippen LogP contribution in [0.4, 0.5) is 0 Å². The molecule has 0 saturated carbocycles. The number of rotatable bonds is 9. The van der Waals surface area contributed by atoms with E-state index >= 15 is 0 Å². The molecule has 0 radical (unpaired) electrons. The predicted molar refractivity (Wildman–Crippen MR) is 109 cm³/mol. The Hall–Kier alpha value is -2.73. The van der Waals surface area contributed by atoms with E-state index in [2.05, 4.69) is 10.6 Å². The molecule has 0 spiro atoms. The van der Waals surface area contributed by atoms with Crippen LogP contribution >= 0.6 is 11.6 Å². The molecular formula is C21H25ClN2O4. The summed E-state index contributed by atoms with van der Waals surface area (Å²) >= 11 is 6.18. The number of amides is 2. The summed E-state index contributed by atoms with van der Waals surface area (Å²) in [5.41, 5.74) is 0.916. The monoisotopic (exact) mass is 404 g/mol. The second kappa shape index (κ2) is 10.6. The molecule has 0 aliphatic carbocycles. The fourth-order valence-corrected chi connectivity index (χ4v) is 2.82. The zero-order valence-corrected chi connectivity index (χ0v) is 17.0. The van der Waals surface area contributed by atoms with E-state index in [1.165, 1.54) is 6.92 Å². The van der Waals surface area contributed by atoms with Crippen molar-refractivity contribution < 1.29 is 19.1 Å². The van der Waals surface area contributed by atoms with Crippen molar-refractivity contribution >= 4 is 23.4 Å². The van der Waals surface area contributed by atoms with Gasteiger partial charge in [-0.3, -0.25) is 9.59 Å². The third kappa shape index (κ3) is 6.46. The number of halogens is 1. The summed E-state index contributed by atoms with van der Waals surface area (Å²) in [6.45, 7) is 3.74. The third-order valence-electron chi connectivity index (χ3n) is 4.03. The number of hydrogen-bond donors (Lipinski definition) is 2. The molecule has 2 amide bonds. The van der Waals surface area contributed by atoms with Crippen LogP contribution in [0.25, 0.3) is 0 Å². The zero-order chi connectivity index (χ0) is 20.5. The molecule has 2 N–H and O–H groups in total. The quantitative estimate of drug-likeness (QED) is 0.660. The Kier molecular flexibility index (Phi) is 8.14. The lowest BCUT2D eigenvalue weighted by Crippen LogP contribution is -2.45. The van der Waals surface area contributed by atoms with Gasteiger partial charge < -0.3 is 20.1 Å². The zero-order valence-electron chi connectivity index (χ0n) is 16.3. The Bertz CT molecular complexity index is 809. The lowest BCUT2D eigenvalue weighted by atomic mass is 10.1. The maximum atomic E-state index is 12.3. The number of hydrogen-bond acceptors (Lipinski definition) is 4. The van der Waals surface area contributed by atoms with E-state index in [1.54, 1.807) is 37.4 Å². The minimum atomic E-state index is -0.512. The maximum absolute atomic E-state index is 12.3. The second-order valence-electron chi connectivity index (χ2n) is 6.30. The van der Waals surface area contributed by atoms with E-state index < -0.39 is 6.04 Å². The molecule has 2 rings (SSSR count). The first kappa shape index (κ1) is 21.6. The van der Waals surface area contributed by atoms with Gasteiger partial charge in [0.15, 0.2) is 0 Å². The minimum Gasteiger partial charge on any atom is -0.497 e. The summed E-state index contributed by atoms with van der Waals surface area (Å²) in [6.07, 6.45) is 1.40. The lowest BCUT2D eigenvalue weighted by Gasteiger charge is -2.17. The van der Waals surface area contributed by atoms with Crippen molar-refractivity contribution in [2.75, 3.05) is 7.11 Å². The SMILES string of the molecule is CCCC(NC(C)=O)C(=O)NCc1ccc(Oc2ccc(OC)cc2Cl)cc1. The number of ether oxygens (including phenoxy) is 2. The highest BCUT2D eigenvalue weighted by Gasteiger charge is 2.17. The van der Waals surface area contributed by atoms with Gasteiger partial charge in [-0.1, -0.05) is 37.1 Å². The number of carbonyl (C=O) groups excluding carboxylic acids is 2. The van der Waals surface area contributed by atoms with Crippen molar-refractivity contribution in [3.63, 3.8) is 0 Å². The largest absolute Gasteiger partial charge is 0.497 e. The highest BCUT2D eigenvalue weighted by molar-refractivity contribution is 6.32. The van der Waals surface area contributed by atoms with Crippen LogP contribution < -0.4 is 20.1 Å². The van der Waals surface area contributed by atoms with Crippen molar-refractivity contribution in [2.45, 2.75) is 39.3 Å². The van der Waals surface area contributed by atoms with Crippen molar-refractivity contribution in [3.8, 4) is 17.2 Å². The van der Waals surface area contributed by atoms with Gasteiger partial charge in [-0.05, 0) is 36.2 Å². The molecule has 2 aromatic carbocycles. The number of methoxy groups -OCH3 is 1. The Labute approximate surface area is 170 Å². The molecule has 7 heteroatoms. The summed E-state index contributed by atoms with van der Waals surface area (Å²) in [5, 5.41) is 5.98. The van der Waals surface area contributed by atoms with E-state index in [-0.39, 0.29) is 11.8 Å². The number of benzene rings is 2. The van der Waals surface area contributed by atoms with Gasteiger partial charge in [-0.25, -0.2) is 0 Å². The van der Waals surface area contributed by atoms with Crippen molar-refractivity contribution in [2.24, 2.45) is 0 Å². The van der Waals surface area contributed by atoms with Crippen LogP contribution in [0.15, 0.2) is 42.5 Å². The van der Waals surface area contributed by atoms with Gasteiger partial charge in [0.1, 0.15) is 23.3 Å². The topological polar surface area (TPSA) is 76.7 Å². The highest BCUT2D eigenvalue weighted by atomic mass is 35.5. The van der Waals surface area contributed by atoms with Gasteiger partial charge in [0.2, 0.25) is 11.8 Å². The minimum absolute atomic E-state index is 0.192. The molecule has 6 nitrogen and oxygen atoms in total. The van der Waals surface area contributed by atoms with Crippen LogP contribution in [0, 0.1) is 0 Å². The second-order valence-corrected chi connectivity index (χ2v) is 6.71.